The summed E-state index contributed by atoms with van der Waals surface area (Å²) in [6.07, 6.45) is 0. The van der Waals surface area contributed by atoms with Crippen LogP contribution in [-0.2, 0) is 9.59 Å². The minimum atomic E-state index is -0.949. The lowest BCUT2D eigenvalue weighted by Gasteiger charge is -2.09. The first-order valence-electron chi connectivity index (χ1n) is 6.85. The average Bonchev–Trinajstić information content (AvgIpc) is 2.90. The topological polar surface area (TPSA) is 136 Å². The molecule has 0 radical (unpaired) electrons. The zero-order valence-corrected chi connectivity index (χ0v) is 12.4. The van der Waals surface area contributed by atoms with Crippen LogP contribution in [0.15, 0.2) is 53.6 Å². The molecule has 3 rings (SSSR count). The largest absolute Gasteiger partial charge is 0.321 e. The summed E-state index contributed by atoms with van der Waals surface area (Å²) in [7, 11) is 0. The highest BCUT2D eigenvalue weighted by atomic mass is 16.6. The van der Waals surface area contributed by atoms with Gasteiger partial charge in [-0.2, -0.15) is 10.1 Å². The summed E-state index contributed by atoms with van der Waals surface area (Å²) in [6.45, 7) is 0. The van der Waals surface area contributed by atoms with Crippen molar-refractivity contribution >= 4 is 34.5 Å². The number of nitro benzene ring substituents is 2. The Kier molecular flexibility index (Phi) is 3.77. The van der Waals surface area contributed by atoms with Gasteiger partial charge in [-0.15, -0.1) is 0 Å². The fourth-order valence-corrected chi connectivity index (χ4v) is 2.23. The van der Waals surface area contributed by atoms with Crippen LogP contribution in [0.1, 0.15) is 5.56 Å². The molecule has 1 heterocycles. The van der Waals surface area contributed by atoms with Crippen LogP contribution in [0.5, 0.6) is 0 Å². The molecule has 1 aliphatic rings. The van der Waals surface area contributed by atoms with Crippen molar-refractivity contribution in [3.63, 3.8) is 0 Å². The van der Waals surface area contributed by atoms with Gasteiger partial charge in [0.1, 0.15) is 5.71 Å². The number of carbonyl (C=O) groups excluding carboxylic acids is 2. The quantitative estimate of drug-likeness (QED) is 0.473. The number of nitrogens with zero attached hydrogens (tertiary/aromatic N) is 4. The molecule has 124 valence electrons. The zero-order chi connectivity index (χ0) is 18.1. The molecule has 10 nitrogen and oxygen atoms in total. The summed E-state index contributed by atoms with van der Waals surface area (Å²) in [5.74, 6) is -1.87. The van der Waals surface area contributed by atoms with Crippen molar-refractivity contribution in [3.05, 3.63) is 74.3 Å². The van der Waals surface area contributed by atoms with Crippen LogP contribution in [0.4, 0.5) is 17.1 Å². The van der Waals surface area contributed by atoms with Crippen LogP contribution in [0, 0.1) is 20.2 Å². The van der Waals surface area contributed by atoms with E-state index in [1.165, 1.54) is 42.5 Å². The molecular formula is C15H8N4O6. The number of rotatable bonds is 4. The molecule has 10 heteroatoms. The fraction of sp³-hybridized carbons (Fsp3) is 0. The van der Waals surface area contributed by atoms with E-state index in [1.807, 2.05) is 0 Å². The highest BCUT2D eigenvalue weighted by molar-refractivity contribution is 6.72. The van der Waals surface area contributed by atoms with E-state index < -0.39 is 21.5 Å². The highest BCUT2D eigenvalue weighted by Gasteiger charge is 2.36. The predicted molar refractivity (Wildman–Crippen MR) is 85.2 cm³/mol. The third-order valence-corrected chi connectivity index (χ3v) is 3.44. The Hall–Kier alpha value is -3.95. The Morgan fingerprint density at radius 1 is 0.880 bits per heavy atom. The predicted octanol–water partition coefficient (Wildman–Crippen LogP) is 1.82. The van der Waals surface area contributed by atoms with Gasteiger partial charge in [0.15, 0.2) is 0 Å². The Labute approximate surface area is 139 Å². The Morgan fingerprint density at radius 3 is 2.12 bits per heavy atom. The molecule has 0 saturated heterocycles. The lowest BCUT2D eigenvalue weighted by Crippen LogP contribution is -2.27. The summed E-state index contributed by atoms with van der Waals surface area (Å²) >= 11 is 0. The van der Waals surface area contributed by atoms with Crippen molar-refractivity contribution in [1.82, 2.24) is 0 Å². The lowest BCUT2D eigenvalue weighted by molar-refractivity contribution is -0.385. The Balaban J connectivity index is 1.99. The molecule has 2 aromatic rings. The third kappa shape index (κ3) is 2.83. The van der Waals surface area contributed by atoms with Crippen LogP contribution >= 0.6 is 0 Å². The van der Waals surface area contributed by atoms with Crippen molar-refractivity contribution in [1.29, 1.82) is 0 Å². The number of benzene rings is 2. The monoisotopic (exact) mass is 340 g/mol. The minimum Gasteiger partial charge on any atom is -0.281 e. The lowest BCUT2D eigenvalue weighted by atomic mass is 10.1. The van der Waals surface area contributed by atoms with E-state index in [4.69, 9.17) is 0 Å². The zero-order valence-electron chi connectivity index (χ0n) is 12.4. The maximum atomic E-state index is 12.1. The maximum absolute atomic E-state index is 12.1. The van der Waals surface area contributed by atoms with Gasteiger partial charge in [0.05, 0.1) is 15.5 Å². The summed E-state index contributed by atoms with van der Waals surface area (Å²) in [5, 5.41) is 26.2. The Bertz CT molecular complexity index is 951. The number of carbonyl (C=O) groups is 2. The molecular weight excluding hydrogens is 332 g/mol. The van der Waals surface area contributed by atoms with E-state index in [0.29, 0.717) is 0 Å². The van der Waals surface area contributed by atoms with E-state index in [9.17, 15) is 29.8 Å². The molecule has 0 spiro atoms. The van der Waals surface area contributed by atoms with E-state index in [2.05, 4.69) is 5.10 Å². The van der Waals surface area contributed by atoms with Gasteiger partial charge in [-0.1, -0.05) is 12.1 Å². The number of nitro groups is 2. The second-order valence-electron chi connectivity index (χ2n) is 4.98. The van der Waals surface area contributed by atoms with Gasteiger partial charge in [-0.3, -0.25) is 29.8 Å². The van der Waals surface area contributed by atoms with Crippen LogP contribution in [-0.4, -0.2) is 27.2 Å². The molecule has 0 fully saturated rings. The first-order chi connectivity index (χ1) is 11.9. The van der Waals surface area contributed by atoms with E-state index in [1.54, 1.807) is 0 Å². The number of hydrazone groups is 1. The SMILES string of the molecule is O=C1C(=O)N(c2ccc([N+](=O)[O-])cc2)N=C1c1cccc([N+](=O)[O-])c1. The number of amides is 1. The van der Waals surface area contributed by atoms with Gasteiger partial charge in [-0.25, -0.2) is 0 Å². The maximum Gasteiger partial charge on any atom is 0.321 e. The van der Waals surface area contributed by atoms with Gasteiger partial charge in [-0.05, 0) is 12.1 Å². The van der Waals surface area contributed by atoms with Gasteiger partial charge >= 0.3 is 5.91 Å². The van der Waals surface area contributed by atoms with Crippen molar-refractivity contribution in [3.8, 4) is 0 Å². The highest BCUT2D eigenvalue weighted by Crippen LogP contribution is 2.24. The molecule has 0 saturated carbocycles. The summed E-state index contributed by atoms with van der Waals surface area (Å²) < 4.78 is 0. The van der Waals surface area contributed by atoms with E-state index >= 15 is 0 Å². The first-order valence-corrected chi connectivity index (χ1v) is 6.85. The van der Waals surface area contributed by atoms with Gasteiger partial charge in [0, 0.05) is 29.8 Å². The van der Waals surface area contributed by atoms with Crippen LogP contribution < -0.4 is 5.01 Å². The van der Waals surface area contributed by atoms with Crippen molar-refractivity contribution < 1.29 is 19.4 Å². The normalized spacial score (nSPS) is 13.8. The molecule has 0 N–H and O–H groups in total. The first kappa shape index (κ1) is 15.9. The molecule has 0 aliphatic carbocycles. The van der Waals surface area contributed by atoms with Crippen LogP contribution in [0.25, 0.3) is 0 Å². The molecule has 2 aromatic carbocycles. The van der Waals surface area contributed by atoms with Gasteiger partial charge in [0.2, 0.25) is 0 Å². The summed E-state index contributed by atoms with van der Waals surface area (Å²) in [4.78, 5) is 44.5. The summed E-state index contributed by atoms with van der Waals surface area (Å²) in [5.41, 5.74) is -0.341. The molecule has 0 unspecified atom stereocenters. The third-order valence-electron chi connectivity index (χ3n) is 3.44. The molecule has 0 atom stereocenters. The number of anilines is 1. The second kappa shape index (κ2) is 5.92. The van der Waals surface area contributed by atoms with E-state index in [0.717, 1.165) is 11.1 Å². The molecule has 0 aromatic heterocycles. The number of hydrogen-bond acceptors (Lipinski definition) is 7. The van der Waals surface area contributed by atoms with Crippen LogP contribution in [0.3, 0.4) is 0 Å². The van der Waals surface area contributed by atoms with Crippen molar-refractivity contribution in [2.75, 3.05) is 5.01 Å². The van der Waals surface area contributed by atoms with Gasteiger partial charge in [0.25, 0.3) is 17.2 Å². The second-order valence-corrected chi connectivity index (χ2v) is 4.98. The van der Waals surface area contributed by atoms with Crippen molar-refractivity contribution in [2.24, 2.45) is 5.10 Å². The molecule has 25 heavy (non-hydrogen) atoms. The summed E-state index contributed by atoms with van der Waals surface area (Å²) in [6, 6.07) is 10.1. The Morgan fingerprint density at radius 2 is 1.52 bits per heavy atom. The standard InChI is InChI=1S/C15H8N4O6/c20-14-13(9-2-1-3-12(8-9)19(24)25)16-17(15(14)21)10-4-6-11(7-5-10)18(22)23/h1-8H. The van der Waals surface area contributed by atoms with Gasteiger partial charge < -0.3 is 0 Å². The van der Waals surface area contributed by atoms with Crippen LogP contribution in [0.2, 0.25) is 0 Å². The molecule has 1 aliphatic heterocycles. The smallest absolute Gasteiger partial charge is 0.281 e. The number of ketones is 1. The number of hydrogen-bond donors (Lipinski definition) is 0. The molecule has 0 bridgehead atoms. The molecule has 1 amide bonds. The van der Waals surface area contributed by atoms with Crippen molar-refractivity contribution in [2.45, 2.75) is 0 Å². The van der Waals surface area contributed by atoms with E-state index in [-0.39, 0.29) is 28.3 Å². The average molecular weight is 340 g/mol. The number of non-ortho nitro benzene ring substituents is 2. The number of Topliss-reactive ketones (excluding diaryl/α,β-unsaturated/α-hetero) is 1. The minimum absolute atomic E-state index is 0.136. The fourth-order valence-electron chi connectivity index (χ4n) is 2.23.